The molecule has 0 aliphatic heterocycles. The number of rotatable bonds is 14. The molecule has 0 saturated carbocycles. The molecule has 0 aromatic carbocycles. The maximum atomic E-state index is 11.7. The highest BCUT2D eigenvalue weighted by Crippen LogP contribution is 2.10. The zero-order chi connectivity index (χ0) is 18.4. The van der Waals surface area contributed by atoms with E-state index in [0.717, 1.165) is 25.7 Å². The van der Waals surface area contributed by atoms with E-state index in [9.17, 15) is 9.59 Å². The number of aliphatic hydroxyl groups is 1. The number of aliphatic hydroxyl groups excluding tert-OH is 1. The van der Waals surface area contributed by atoms with Gasteiger partial charge in [0.2, 0.25) is 0 Å². The molecule has 6 nitrogen and oxygen atoms in total. The molecule has 0 fully saturated rings. The third kappa shape index (κ3) is 13.1. The minimum Gasteiger partial charge on any atom is -0.462 e. The summed E-state index contributed by atoms with van der Waals surface area (Å²) >= 11 is 0. The predicted molar refractivity (Wildman–Crippen MR) is 91.5 cm³/mol. The number of esters is 2. The molecule has 24 heavy (non-hydrogen) atoms. The van der Waals surface area contributed by atoms with Gasteiger partial charge in [-0.25, -0.2) is 4.79 Å². The molecule has 6 heteroatoms. The smallest absolute Gasteiger partial charge is 0.333 e. The Bertz CT molecular complexity index is 378. The van der Waals surface area contributed by atoms with Crippen molar-refractivity contribution in [3.05, 3.63) is 12.2 Å². The molecule has 0 bridgehead atoms. The molecule has 0 aliphatic rings. The van der Waals surface area contributed by atoms with Crippen LogP contribution >= 0.6 is 0 Å². The fraction of sp³-hybridized carbons (Fsp3) is 0.778. The van der Waals surface area contributed by atoms with Crippen molar-refractivity contribution in [2.45, 2.75) is 59.0 Å². The highest BCUT2D eigenvalue weighted by atomic mass is 16.6. The van der Waals surface area contributed by atoms with Crippen molar-refractivity contribution < 1.29 is 28.9 Å². The molecule has 0 rings (SSSR count). The average molecular weight is 344 g/mol. The number of unbranched alkanes of at least 4 members (excludes halogenated alkanes) is 2. The molecule has 0 aliphatic carbocycles. The second kappa shape index (κ2) is 14.0. The molecule has 1 atom stereocenters. The molecule has 0 amide bonds. The van der Waals surface area contributed by atoms with Gasteiger partial charge in [0.15, 0.2) is 6.10 Å². The van der Waals surface area contributed by atoms with Crippen LogP contribution in [-0.4, -0.2) is 49.6 Å². The Kier molecular flexibility index (Phi) is 13.2. The van der Waals surface area contributed by atoms with Crippen LogP contribution in [0.4, 0.5) is 0 Å². The summed E-state index contributed by atoms with van der Waals surface area (Å²) < 4.78 is 15.5. The first-order chi connectivity index (χ1) is 11.4. The van der Waals surface area contributed by atoms with Gasteiger partial charge < -0.3 is 19.3 Å². The zero-order valence-electron chi connectivity index (χ0n) is 15.2. The monoisotopic (exact) mass is 344 g/mol. The van der Waals surface area contributed by atoms with Crippen molar-refractivity contribution in [3.8, 4) is 0 Å². The van der Waals surface area contributed by atoms with Crippen molar-refractivity contribution in [1.29, 1.82) is 0 Å². The van der Waals surface area contributed by atoms with Crippen LogP contribution in [0.25, 0.3) is 0 Å². The first-order valence-corrected chi connectivity index (χ1v) is 8.57. The molecule has 0 spiro atoms. The molecule has 0 saturated heterocycles. The average Bonchev–Trinajstić information content (AvgIpc) is 2.51. The van der Waals surface area contributed by atoms with Crippen LogP contribution in [0.3, 0.4) is 0 Å². The van der Waals surface area contributed by atoms with Crippen molar-refractivity contribution in [2.75, 3.05) is 26.4 Å². The third-order valence-electron chi connectivity index (χ3n) is 3.25. The quantitative estimate of drug-likeness (QED) is 0.296. The summed E-state index contributed by atoms with van der Waals surface area (Å²) in [6.07, 6.45) is 3.72. The van der Waals surface area contributed by atoms with Gasteiger partial charge in [0.05, 0.1) is 19.8 Å². The maximum absolute atomic E-state index is 11.7. The lowest BCUT2D eigenvalue weighted by atomic mass is 10.0. The predicted octanol–water partition coefficient (Wildman–Crippen LogP) is 2.63. The lowest BCUT2D eigenvalue weighted by molar-refractivity contribution is -0.160. The Hall–Kier alpha value is -1.40. The second-order valence-electron chi connectivity index (χ2n) is 6.28. The van der Waals surface area contributed by atoms with Gasteiger partial charge in [0.25, 0.3) is 0 Å². The van der Waals surface area contributed by atoms with Gasteiger partial charge in [-0.2, -0.15) is 0 Å². The summed E-state index contributed by atoms with van der Waals surface area (Å²) in [4.78, 5) is 23.3. The molecule has 1 N–H and O–H groups in total. The number of hydrogen-bond donors (Lipinski definition) is 1. The molecule has 0 heterocycles. The van der Waals surface area contributed by atoms with E-state index in [1.807, 2.05) is 0 Å². The lowest BCUT2D eigenvalue weighted by Crippen LogP contribution is -2.30. The van der Waals surface area contributed by atoms with E-state index < -0.39 is 12.1 Å². The van der Waals surface area contributed by atoms with Gasteiger partial charge >= 0.3 is 11.9 Å². The van der Waals surface area contributed by atoms with Crippen LogP contribution in [0.1, 0.15) is 52.9 Å². The van der Waals surface area contributed by atoms with E-state index in [-0.39, 0.29) is 38.0 Å². The highest BCUT2D eigenvalue weighted by Gasteiger charge is 2.17. The van der Waals surface area contributed by atoms with Crippen LogP contribution in [0.5, 0.6) is 0 Å². The van der Waals surface area contributed by atoms with Crippen LogP contribution < -0.4 is 0 Å². The van der Waals surface area contributed by atoms with Crippen molar-refractivity contribution in [1.82, 2.24) is 0 Å². The number of hydrogen-bond acceptors (Lipinski definition) is 6. The van der Waals surface area contributed by atoms with Crippen molar-refractivity contribution in [3.63, 3.8) is 0 Å². The molecular formula is C18H32O6. The van der Waals surface area contributed by atoms with Crippen LogP contribution in [-0.2, 0) is 23.8 Å². The Morgan fingerprint density at radius 2 is 1.83 bits per heavy atom. The van der Waals surface area contributed by atoms with Gasteiger partial charge in [-0.15, -0.1) is 0 Å². The summed E-state index contributed by atoms with van der Waals surface area (Å²) in [7, 11) is 0. The fourth-order valence-corrected chi connectivity index (χ4v) is 1.90. The standard InChI is InChI=1S/C18H32O6/c1-14(2)8-6-5-7-9-17(20)23-13-16(12-22-11-10-19)24-18(21)15(3)4/h14,16,19H,3,5-13H2,1-2,4H3. The molecule has 1 unspecified atom stereocenters. The third-order valence-corrected chi connectivity index (χ3v) is 3.25. The second-order valence-corrected chi connectivity index (χ2v) is 6.28. The number of carbonyl (C=O) groups is 2. The minimum atomic E-state index is -0.703. The Balaban J connectivity index is 4.06. The fourth-order valence-electron chi connectivity index (χ4n) is 1.90. The molecular weight excluding hydrogens is 312 g/mol. The van der Waals surface area contributed by atoms with Crippen molar-refractivity contribution >= 4 is 11.9 Å². The van der Waals surface area contributed by atoms with E-state index in [4.69, 9.17) is 19.3 Å². The van der Waals surface area contributed by atoms with Crippen LogP contribution in [0, 0.1) is 5.92 Å². The van der Waals surface area contributed by atoms with Crippen LogP contribution in [0.2, 0.25) is 0 Å². The Labute approximate surface area is 145 Å². The SMILES string of the molecule is C=C(C)C(=O)OC(COCCO)COC(=O)CCCCCC(C)C. The zero-order valence-corrected chi connectivity index (χ0v) is 15.2. The normalized spacial score (nSPS) is 12.0. The van der Waals surface area contributed by atoms with E-state index >= 15 is 0 Å². The molecule has 0 aromatic heterocycles. The van der Waals surface area contributed by atoms with Gasteiger partial charge in [-0.1, -0.05) is 39.7 Å². The molecule has 140 valence electrons. The molecule has 0 radical (unpaired) electrons. The molecule has 0 aromatic rings. The van der Waals surface area contributed by atoms with Gasteiger partial charge in [0.1, 0.15) is 6.61 Å². The summed E-state index contributed by atoms with van der Waals surface area (Å²) in [5, 5.41) is 8.71. The number of carbonyl (C=O) groups excluding carboxylic acids is 2. The van der Waals surface area contributed by atoms with Gasteiger partial charge in [-0.05, 0) is 19.3 Å². The van der Waals surface area contributed by atoms with Gasteiger partial charge in [0, 0.05) is 12.0 Å². The topological polar surface area (TPSA) is 82.1 Å². The lowest BCUT2D eigenvalue weighted by Gasteiger charge is -2.18. The van der Waals surface area contributed by atoms with E-state index in [0.29, 0.717) is 12.3 Å². The minimum absolute atomic E-state index is 0.0568. The summed E-state index contributed by atoms with van der Waals surface area (Å²) in [5.74, 6) is -0.185. The first-order valence-electron chi connectivity index (χ1n) is 8.57. The summed E-state index contributed by atoms with van der Waals surface area (Å²) in [5.41, 5.74) is 0.263. The van der Waals surface area contributed by atoms with E-state index in [2.05, 4.69) is 20.4 Å². The summed E-state index contributed by atoms with van der Waals surface area (Å²) in [6, 6.07) is 0. The van der Waals surface area contributed by atoms with Crippen LogP contribution in [0.15, 0.2) is 12.2 Å². The first kappa shape index (κ1) is 22.6. The largest absolute Gasteiger partial charge is 0.462 e. The Morgan fingerprint density at radius 3 is 2.42 bits per heavy atom. The summed E-state index contributed by atoms with van der Waals surface area (Å²) in [6.45, 7) is 9.40. The van der Waals surface area contributed by atoms with Gasteiger partial charge in [-0.3, -0.25) is 4.79 Å². The van der Waals surface area contributed by atoms with E-state index in [1.165, 1.54) is 6.92 Å². The Morgan fingerprint density at radius 1 is 1.12 bits per heavy atom. The van der Waals surface area contributed by atoms with Crippen molar-refractivity contribution in [2.24, 2.45) is 5.92 Å². The maximum Gasteiger partial charge on any atom is 0.333 e. The van der Waals surface area contributed by atoms with E-state index in [1.54, 1.807) is 0 Å². The highest BCUT2D eigenvalue weighted by molar-refractivity contribution is 5.87. The number of ether oxygens (including phenoxy) is 3.